The van der Waals surface area contributed by atoms with Crippen LogP contribution in [0.3, 0.4) is 0 Å². The third kappa shape index (κ3) is 2.44. The molecule has 4 rings (SSSR count). The molecule has 2 aromatic carbocycles. The number of halogens is 4. The Balaban J connectivity index is 2.20. The summed E-state index contributed by atoms with van der Waals surface area (Å²) in [6.45, 7) is 0. The van der Waals surface area contributed by atoms with E-state index in [1.54, 1.807) is 0 Å². The van der Waals surface area contributed by atoms with Gasteiger partial charge in [0.15, 0.2) is 0 Å². The van der Waals surface area contributed by atoms with Crippen LogP contribution in [0.5, 0.6) is 0 Å². The fraction of sp³-hybridized carbons (Fsp3) is 0.0625. The molecule has 0 unspecified atom stereocenters. The highest BCUT2D eigenvalue weighted by molar-refractivity contribution is 7.93. The van der Waals surface area contributed by atoms with Crippen molar-refractivity contribution in [2.75, 3.05) is 4.72 Å². The summed E-state index contributed by atoms with van der Waals surface area (Å²) >= 11 is 5.93. The van der Waals surface area contributed by atoms with Crippen molar-refractivity contribution in [2.24, 2.45) is 0 Å². The standard InChI is InChI=1S/C16H8ClF3N2O2S/c17-8-3-4-13-10(6-8)11-7-12(16(18,19)20)9-2-1-5-21-14(9)15(11)22-25(13,23)24/h1-7,22H. The van der Waals surface area contributed by atoms with Crippen molar-refractivity contribution in [1.82, 2.24) is 4.98 Å². The molecule has 0 saturated carbocycles. The van der Waals surface area contributed by atoms with Crippen LogP contribution in [0.4, 0.5) is 18.9 Å². The summed E-state index contributed by atoms with van der Waals surface area (Å²) in [5.74, 6) is 0. The van der Waals surface area contributed by atoms with Gasteiger partial charge in [0.05, 0.1) is 21.7 Å². The van der Waals surface area contributed by atoms with Crippen LogP contribution in [0.1, 0.15) is 5.56 Å². The van der Waals surface area contributed by atoms with Crippen LogP contribution >= 0.6 is 11.6 Å². The molecule has 128 valence electrons. The minimum absolute atomic E-state index is 0.0124. The molecule has 9 heteroatoms. The van der Waals surface area contributed by atoms with E-state index in [2.05, 4.69) is 9.71 Å². The molecule has 0 saturated heterocycles. The Morgan fingerprint density at radius 2 is 1.84 bits per heavy atom. The van der Waals surface area contributed by atoms with Crippen molar-refractivity contribution < 1.29 is 21.6 Å². The summed E-state index contributed by atoms with van der Waals surface area (Å²) in [6, 6.07) is 7.52. The van der Waals surface area contributed by atoms with Crippen molar-refractivity contribution in [2.45, 2.75) is 11.1 Å². The van der Waals surface area contributed by atoms with E-state index in [0.29, 0.717) is 0 Å². The second kappa shape index (κ2) is 5.09. The van der Waals surface area contributed by atoms with Crippen molar-refractivity contribution in [3.8, 4) is 11.1 Å². The van der Waals surface area contributed by atoms with Crippen molar-refractivity contribution in [1.29, 1.82) is 0 Å². The van der Waals surface area contributed by atoms with E-state index in [0.717, 1.165) is 6.07 Å². The summed E-state index contributed by atoms with van der Waals surface area (Å²) in [6.07, 6.45) is -3.31. The van der Waals surface area contributed by atoms with Gasteiger partial charge in [0.2, 0.25) is 0 Å². The predicted octanol–water partition coefficient (Wildman–Crippen LogP) is 4.69. The number of aromatic nitrogens is 1. The Morgan fingerprint density at radius 1 is 1.08 bits per heavy atom. The van der Waals surface area contributed by atoms with Crippen LogP contribution in [-0.4, -0.2) is 13.4 Å². The van der Waals surface area contributed by atoms with Gasteiger partial charge < -0.3 is 0 Å². The maximum atomic E-state index is 13.5. The van der Waals surface area contributed by atoms with E-state index in [1.807, 2.05) is 0 Å². The van der Waals surface area contributed by atoms with Crippen LogP contribution in [0.15, 0.2) is 47.5 Å². The molecular weight excluding hydrogens is 377 g/mol. The third-order valence-electron chi connectivity index (χ3n) is 3.96. The number of nitrogens with zero attached hydrogens (tertiary/aromatic N) is 1. The highest BCUT2D eigenvalue weighted by Gasteiger charge is 2.37. The summed E-state index contributed by atoms with van der Waals surface area (Å²) in [4.78, 5) is 3.84. The van der Waals surface area contributed by atoms with Gasteiger partial charge in [-0.2, -0.15) is 13.2 Å². The molecule has 0 spiro atoms. The Labute approximate surface area is 145 Å². The monoisotopic (exact) mass is 384 g/mol. The summed E-state index contributed by atoms with van der Waals surface area (Å²) < 4.78 is 67.8. The fourth-order valence-corrected chi connectivity index (χ4v) is 4.39. The molecule has 1 aromatic heterocycles. The van der Waals surface area contributed by atoms with Crippen molar-refractivity contribution >= 4 is 38.2 Å². The van der Waals surface area contributed by atoms with Crippen LogP contribution < -0.4 is 4.72 Å². The molecule has 1 aliphatic rings. The second-order valence-corrected chi connectivity index (χ2v) is 7.58. The van der Waals surface area contributed by atoms with Gasteiger partial charge in [-0.25, -0.2) is 8.42 Å². The second-order valence-electron chi connectivity index (χ2n) is 5.49. The number of rotatable bonds is 0. The van der Waals surface area contributed by atoms with Gasteiger partial charge in [0.1, 0.15) is 0 Å². The fourth-order valence-electron chi connectivity index (χ4n) is 2.93. The van der Waals surface area contributed by atoms with Crippen LogP contribution in [-0.2, 0) is 16.2 Å². The molecule has 25 heavy (non-hydrogen) atoms. The summed E-state index contributed by atoms with van der Waals surface area (Å²) in [7, 11) is -3.94. The van der Waals surface area contributed by atoms with E-state index >= 15 is 0 Å². The van der Waals surface area contributed by atoms with Gasteiger partial charge in [-0.1, -0.05) is 17.7 Å². The summed E-state index contributed by atoms with van der Waals surface area (Å²) in [5.41, 5.74) is -0.744. The number of alkyl halides is 3. The number of nitrogens with one attached hydrogen (secondary N) is 1. The smallest absolute Gasteiger partial charge is 0.277 e. The predicted molar refractivity (Wildman–Crippen MR) is 88.0 cm³/mol. The topological polar surface area (TPSA) is 59.1 Å². The molecule has 0 amide bonds. The zero-order valence-corrected chi connectivity index (χ0v) is 13.8. The first kappa shape index (κ1) is 16.2. The largest absolute Gasteiger partial charge is 0.417 e. The minimum atomic E-state index is -4.62. The lowest BCUT2D eigenvalue weighted by molar-refractivity contribution is -0.136. The van der Waals surface area contributed by atoms with Crippen LogP contribution in [0.25, 0.3) is 22.0 Å². The molecule has 2 heterocycles. The van der Waals surface area contributed by atoms with Crippen molar-refractivity contribution in [3.63, 3.8) is 0 Å². The molecule has 0 radical (unpaired) electrons. The Bertz CT molecular complexity index is 1140. The molecule has 3 aromatic rings. The number of fused-ring (bicyclic) bond motifs is 5. The molecule has 4 nitrogen and oxygen atoms in total. The maximum absolute atomic E-state index is 13.5. The average Bonchev–Trinajstić information content (AvgIpc) is 2.52. The Kier molecular flexibility index (Phi) is 3.29. The highest BCUT2D eigenvalue weighted by atomic mass is 35.5. The van der Waals surface area contributed by atoms with Gasteiger partial charge in [-0.15, -0.1) is 0 Å². The van der Waals surface area contributed by atoms with E-state index in [9.17, 15) is 21.6 Å². The molecule has 0 aliphatic carbocycles. The Hall–Kier alpha value is -2.32. The zero-order chi connectivity index (χ0) is 18.0. The highest BCUT2D eigenvalue weighted by Crippen LogP contribution is 2.47. The molecule has 0 bridgehead atoms. The lowest BCUT2D eigenvalue weighted by atomic mass is 9.96. The van der Waals surface area contributed by atoms with Gasteiger partial charge in [-0.3, -0.25) is 9.71 Å². The first-order chi connectivity index (χ1) is 11.7. The lowest BCUT2D eigenvalue weighted by Crippen LogP contribution is -2.20. The minimum Gasteiger partial charge on any atom is -0.277 e. The Morgan fingerprint density at radius 3 is 2.56 bits per heavy atom. The quantitative estimate of drug-likeness (QED) is 0.611. The molecule has 0 fully saturated rings. The zero-order valence-electron chi connectivity index (χ0n) is 12.2. The normalized spacial score (nSPS) is 15.4. The molecule has 1 aliphatic heterocycles. The number of hydrogen-bond acceptors (Lipinski definition) is 3. The van der Waals surface area contributed by atoms with Gasteiger partial charge >= 0.3 is 6.18 Å². The van der Waals surface area contributed by atoms with Gasteiger partial charge in [-0.05, 0) is 30.3 Å². The molecule has 1 N–H and O–H groups in total. The van der Waals surface area contributed by atoms with Crippen LogP contribution in [0.2, 0.25) is 5.02 Å². The molecule has 0 atom stereocenters. The maximum Gasteiger partial charge on any atom is 0.417 e. The van der Waals surface area contributed by atoms with Gasteiger partial charge in [0, 0.05) is 27.7 Å². The summed E-state index contributed by atoms with van der Waals surface area (Å²) in [5, 5.41) is 0.0402. The van der Waals surface area contributed by atoms with E-state index in [1.165, 1.54) is 36.5 Å². The van der Waals surface area contributed by atoms with E-state index in [-0.39, 0.29) is 37.6 Å². The third-order valence-corrected chi connectivity index (χ3v) is 5.60. The number of benzene rings is 2. The van der Waals surface area contributed by atoms with E-state index < -0.39 is 21.8 Å². The first-order valence-corrected chi connectivity index (χ1v) is 8.86. The average molecular weight is 385 g/mol. The number of pyridine rings is 1. The van der Waals surface area contributed by atoms with Gasteiger partial charge in [0.25, 0.3) is 10.0 Å². The van der Waals surface area contributed by atoms with Crippen molar-refractivity contribution in [3.05, 3.63) is 53.2 Å². The lowest BCUT2D eigenvalue weighted by Gasteiger charge is -2.24. The SMILES string of the molecule is O=S1(=O)Nc2c(cc(C(F)(F)F)c3cccnc23)-c2cc(Cl)ccc21. The number of anilines is 1. The van der Waals surface area contributed by atoms with E-state index in [4.69, 9.17) is 11.6 Å². The first-order valence-electron chi connectivity index (χ1n) is 7.00. The number of sulfonamides is 1. The van der Waals surface area contributed by atoms with Crippen LogP contribution in [0, 0.1) is 0 Å². The number of hydrogen-bond donors (Lipinski definition) is 1. The molecular formula is C16H8ClF3N2O2S.